The van der Waals surface area contributed by atoms with Crippen molar-refractivity contribution in [1.29, 1.82) is 0 Å². The number of aryl methyl sites for hydroxylation is 1. The highest BCUT2D eigenvalue weighted by molar-refractivity contribution is 6.37. The zero-order valence-corrected chi connectivity index (χ0v) is 30.2. The van der Waals surface area contributed by atoms with Crippen molar-refractivity contribution < 1.29 is 46.1 Å². The molecule has 0 bridgehead atoms. The SMILES string of the molecule is CC(O)C(=O)Nc1nn(C)c2c(-c3ccc(C#CC(C)(C)O)nc3C(Cc3cc(F)cc(F)c3)NC(=O)n3nc(C(F)F)c4c3C(F)(F)CC4)ccc(Cl)c12. The summed E-state index contributed by atoms with van der Waals surface area (Å²) < 4.78 is 88.8. The third-order valence-electron chi connectivity index (χ3n) is 8.71. The quantitative estimate of drug-likeness (QED) is 0.101. The number of fused-ring (bicyclic) bond motifs is 2. The average Bonchev–Trinajstić information content (AvgIpc) is 3.74. The average molecular weight is 788 g/mol. The summed E-state index contributed by atoms with van der Waals surface area (Å²) in [6.45, 7) is 4.09. The number of amides is 2. The van der Waals surface area contributed by atoms with Crippen LogP contribution in [0.4, 0.5) is 37.0 Å². The lowest BCUT2D eigenvalue weighted by Gasteiger charge is -2.23. The maximum absolute atomic E-state index is 15.1. The molecule has 5 aromatic rings. The Morgan fingerprint density at radius 1 is 1.05 bits per heavy atom. The molecule has 0 radical (unpaired) electrons. The third-order valence-corrected chi connectivity index (χ3v) is 9.02. The first kappa shape index (κ1) is 39.3. The van der Waals surface area contributed by atoms with Crippen LogP contribution in [0.3, 0.4) is 0 Å². The van der Waals surface area contributed by atoms with Crippen molar-refractivity contribution in [2.75, 3.05) is 5.32 Å². The van der Waals surface area contributed by atoms with Crippen molar-refractivity contribution in [3.8, 4) is 23.0 Å². The summed E-state index contributed by atoms with van der Waals surface area (Å²) in [5.41, 5.74) is -3.10. The molecule has 1 aliphatic rings. The van der Waals surface area contributed by atoms with Crippen LogP contribution in [0, 0.1) is 23.5 Å². The molecule has 3 heterocycles. The molecule has 3 aromatic heterocycles. The Morgan fingerprint density at radius 3 is 2.36 bits per heavy atom. The van der Waals surface area contributed by atoms with E-state index in [1.807, 2.05) is 0 Å². The van der Waals surface area contributed by atoms with Crippen LogP contribution in [0.25, 0.3) is 22.0 Å². The van der Waals surface area contributed by atoms with E-state index in [1.165, 1.54) is 50.7 Å². The zero-order chi connectivity index (χ0) is 40.1. The topological polar surface area (TPSA) is 147 Å². The number of anilines is 1. The van der Waals surface area contributed by atoms with Gasteiger partial charge in [-0.05, 0) is 75.4 Å². The molecule has 2 atom stereocenters. The summed E-state index contributed by atoms with van der Waals surface area (Å²) in [7, 11) is 1.53. The number of aromatic nitrogens is 5. The maximum Gasteiger partial charge on any atom is 0.343 e. The van der Waals surface area contributed by atoms with Gasteiger partial charge in [0.1, 0.15) is 40.4 Å². The van der Waals surface area contributed by atoms with Gasteiger partial charge in [-0.25, -0.2) is 27.3 Å². The Labute approximate surface area is 314 Å². The Bertz CT molecular complexity index is 2390. The van der Waals surface area contributed by atoms with Gasteiger partial charge in [0.15, 0.2) is 5.82 Å². The molecule has 18 heteroatoms. The molecule has 0 saturated carbocycles. The van der Waals surface area contributed by atoms with Gasteiger partial charge in [-0.1, -0.05) is 23.6 Å². The summed E-state index contributed by atoms with van der Waals surface area (Å²) in [5, 5.41) is 33.5. The first-order valence-electron chi connectivity index (χ1n) is 16.7. The van der Waals surface area contributed by atoms with E-state index in [2.05, 4.69) is 37.7 Å². The molecule has 288 valence electrons. The van der Waals surface area contributed by atoms with Crippen LogP contribution in [0.5, 0.6) is 0 Å². The van der Waals surface area contributed by atoms with Crippen LogP contribution in [0.2, 0.25) is 5.02 Å². The van der Waals surface area contributed by atoms with E-state index < -0.39 is 89.9 Å². The summed E-state index contributed by atoms with van der Waals surface area (Å²) in [6.07, 6.45) is -6.39. The van der Waals surface area contributed by atoms with Gasteiger partial charge in [0.2, 0.25) is 0 Å². The molecule has 0 aliphatic heterocycles. The van der Waals surface area contributed by atoms with Crippen LogP contribution < -0.4 is 10.6 Å². The summed E-state index contributed by atoms with van der Waals surface area (Å²) in [5.74, 6) is -1.07. The Kier molecular flexibility index (Phi) is 10.5. The van der Waals surface area contributed by atoms with Gasteiger partial charge in [-0.15, -0.1) is 0 Å². The number of nitrogens with zero attached hydrogens (tertiary/aromatic N) is 5. The second kappa shape index (κ2) is 14.7. The Morgan fingerprint density at radius 2 is 1.73 bits per heavy atom. The van der Waals surface area contributed by atoms with E-state index in [-0.39, 0.29) is 43.4 Å². The van der Waals surface area contributed by atoms with Crippen molar-refractivity contribution in [3.63, 3.8) is 0 Å². The van der Waals surface area contributed by atoms with Crippen LogP contribution in [0.1, 0.15) is 73.6 Å². The van der Waals surface area contributed by atoms with E-state index >= 15 is 8.78 Å². The number of nitrogens with one attached hydrogen (secondary N) is 2. The number of benzene rings is 2. The van der Waals surface area contributed by atoms with Gasteiger partial charge in [0.25, 0.3) is 18.3 Å². The standard InChI is InChI=1S/C37H32ClF6N7O4/c1-17(52)34(53)47-33-27-25(38)8-7-23(30(27)50(4)49-33)22-6-5-21(9-11-36(2,3)55)45-28(22)26(15-18-13-19(39)16-20(40)14-18)46-35(54)51-31-24(10-12-37(31,43)44)29(48-51)32(41)42/h5-8,13-14,16-17,26,32,52,55H,10,12,15H2,1-4H3,(H,46,54)(H,47,49,53). The van der Waals surface area contributed by atoms with Gasteiger partial charge in [-0.2, -0.15) is 23.7 Å². The lowest BCUT2D eigenvalue weighted by molar-refractivity contribution is -0.123. The monoisotopic (exact) mass is 787 g/mol. The maximum atomic E-state index is 15.1. The predicted octanol–water partition coefficient (Wildman–Crippen LogP) is 6.72. The van der Waals surface area contributed by atoms with E-state index in [4.69, 9.17) is 11.6 Å². The number of carbonyl (C=O) groups is 2. The van der Waals surface area contributed by atoms with Crippen LogP contribution in [0.15, 0.2) is 42.5 Å². The fraction of sp³-hybridized carbons (Fsp3) is 0.324. The lowest BCUT2D eigenvalue weighted by atomic mass is 9.93. The van der Waals surface area contributed by atoms with Gasteiger partial charge >= 0.3 is 6.03 Å². The molecule has 0 fully saturated rings. The van der Waals surface area contributed by atoms with E-state index in [0.29, 0.717) is 17.1 Å². The number of rotatable bonds is 8. The molecule has 6 rings (SSSR count). The van der Waals surface area contributed by atoms with Crippen LogP contribution >= 0.6 is 11.6 Å². The van der Waals surface area contributed by atoms with Gasteiger partial charge in [0.05, 0.1) is 27.7 Å². The molecule has 4 N–H and O–H groups in total. The highest BCUT2D eigenvalue weighted by Gasteiger charge is 2.47. The molecule has 55 heavy (non-hydrogen) atoms. The summed E-state index contributed by atoms with van der Waals surface area (Å²) in [6, 6.07) is 5.80. The van der Waals surface area contributed by atoms with Crippen LogP contribution in [-0.2, 0) is 30.6 Å². The van der Waals surface area contributed by atoms with Crippen molar-refractivity contribution >= 4 is 40.3 Å². The molecule has 2 unspecified atom stereocenters. The van der Waals surface area contributed by atoms with Crippen molar-refractivity contribution in [3.05, 3.63) is 93.0 Å². The van der Waals surface area contributed by atoms with E-state index in [0.717, 1.165) is 12.1 Å². The zero-order valence-electron chi connectivity index (χ0n) is 29.5. The number of carbonyl (C=O) groups excluding carboxylic acids is 2. The smallest absolute Gasteiger partial charge is 0.343 e. The van der Waals surface area contributed by atoms with Gasteiger partial charge in [-0.3, -0.25) is 9.48 Å². The number of alkyl halides is 4. The highest BCUT2D eigenvalue weighted by Crippen LogP contribution is 2.45. The lowest BCUT2D eigenvalue weighted by Crippen LogP contribution is -2.37. The predicted molar refractivity (Wildman–Crippen MR) is 189 cm³/mol. The molecule has 2 amide bonds. The Hall–Kier alpha value is -5.44. The minimum absolute atomic E-state index is 0.0131. The fourth-order valence-electron chi connectivity index (χ4n) is 6.36. The first-order valence-corrected chi connectivity index (χ1v) is 17.1. The number of halogens is 7. The van der Waals surface area contributed by atoms with Crippen molar-refractivity contribution in [2.45, 2.75) is 70.1 Å². The molecule has 0 saturated heterocycles. The first-order chi connectivity index (χ1) is 25.7. The van der Waals surface area contributed by atoms with Crippen LogP contribution in [-0.4, -0.2) is 58.4 Å². The Balaban J connectivity index is 1.59. The molecular weight excluding hydrogens is 756 g/mol. The summed E-state index contributed by atoms with van der Waals surface area (Å²) >= 11 is 6.60. The molecule has 1 aliphatic carbocycles. The number of aliphatic hydroxyl groups is 2. The fourth-order valence-corrected chi connectivity index (χ4v) is 6.60. The number of hydrogen-bond donors (Lipinski definition) is 4. The van der Waals surface area contributed by atoms with Crippen molar-refractivity contribution in [1.82, 2.24) is 29.9 Å². The number of hydrogen-bond acceptors (Lipinski definition) is 7. The molecule has 2 aromatic carbocycles. The van der Waals surface area contributed by atoms with Gasteiger partial charge < -0.3 is 20.8 Å². The minimum atomic E-state index is -3.68. The molecule has 11 nitrogen and oxygen atoms in total. The molecular formula is C37H32ClF6N7O4. The second-order valence-electron chi connectivity index (χ2n) is 13.5. The van der Waals surface area contributed by atoms with Gasteiger partial charge in [0, 0.05) is 36.2 Å². The van der Waals surface area contributed by atoms with E-state index in [1.54, 1.807) is 6.07 Å². The minimum Gasteiger partial charge on any atom is -0.384 e. The normalized spacial score (nSPS) is 14.7. The summed E-state index contributed by atoms with van der Waals surface area (Å²) in [4.78, 5) is 31.1. The third kappa shape index (κ3) is 8.02. The number of aliphatic hydroxyl groups excluding tert-OH is 1. The molecule has 0 spiro atoms. The van der Waals surface area contributed by atoms with E-state index in [9.17, 15) is 37.4 Å². The van der Waals surface area contributed by atoms with Crippen molar-refractivity contribution in [2.24, 2.45) is 7.05 Å². The largest absolute Gasteiger partial charge is 0.384 e. The highest BCUT2D eigenvalue weighted by atomic mass is 35.5. The second-order valence-corrected chi connectivity index (χ2v) is 13.9. The number of pyridine rings is 1.